The summed E-state index contributed by atoms with van der Waals surface area (Å²) in [6.07, 6.45) is 2.32. The van der Waals surface area contributed by atoms with Gasteiger partial charge in [0.25, 0.3) is 0 Å². The molecule has 0 fully saturated rings. The van der Waals surface area contributed by atoms with Crippen LogP contribution in [0.3, 0.4) is 0 Å². The van der Waals surface area contributed by atoms with Gasteiger partial charge in [-0.3, -0.25) is 0 Å². The first kappa shape index (κ1) is 17.4. The summed E-state index contributed by atoms with van der Waals surface area (Å²) in [5, 5.41) is -0.514. The molecule has 0 spiro atoms. The van der Waals surface area contributed by atoms with E-state index in [2.05, 4.69) is 12.1 Å². The second-order valence-corrected chi connectivity index (χ2v) is 8.27. The molecule has 0 heterocycles. The zero-order chi connectivity index (χ0) is 17.5. The van der Waals surface area contributed by atoms with Gasteiger partial charge >= 0.3 is 0 Å². The summed E-state index contributed by atoms with van der Waals surface area (Å²) < 4.78 is 26.4. The maximum absolute atomic E-state index is 13.2. The van der Waals surface area contributed by atoms with E-state index in [-0.39, 0.29) is 0 Å². The lowest BCUT2D eigenvalue weighted by molar-refractivity contribution is 0.570. The van der Waals surface area contributed by atoms with Crippen LogP contribution in [-0.4, -0.2) is 8.42 Å². The molecule has 0 aliphatic heterocycles. The van der Waals surface area contributed by atoms with Crippen molar-refractivity contribution in [3.8, 4) is 0 Å². The molecule has 2 nitrogen and oxygen atoms in total. The zero-order valence-corrected chi connectivity index (χ0v) is 14.9. The smallest absolute Gasteiger partial charge is 0.185 e. The van der Waals surface area contributed by atoms with E-state index in [1.807, 2.05) is 54.6 Å². The molecular weight excluding hydrogens is 328 g/mol. The Morgan fingerprint density at radius 3 is 1.80 bits per heavy atom. The van der Waals surface area contributed by atoms with E-state index in [1.165, 1.54) is 5.56 Å². The second-order valence-electron chi connectivity index (χ2n) is 6.14. The summed E-state index contributed by atoms with van der Waals surface area (Å²) in [6, 6.07) is 28.5. The molecule has 0 radical (unpaired) electrons. The van der Waals surface area contributed by atoms with Crippen LogP contribution in [0.4, 0.5) is 0 Å². The van der Waals surface area contributed by atoms with Crippen molar-refractivity contribution in [2.75, 3.05) is 0 Å². The van der Waals surface area contributed by atoms with Crippen molar-refractivity contribution < 1.29 is 8.42 Å². The highest BCUT2D eigenvalue weighted by Gasteiger charge is 2.28. The Hall–Kier alpha value is -2.39. The van der Waals surface area contributed by atoms with Crippen LogP contribution in [0.5, 0.6) is 0 Å². The first-order valence-corrected chi connectivity index (χ1v) is 10.1. The summed E-state index contributed by atoms with van der Waals surface area (Å²) in [4.78, 5) is 0.392. The number of hydrogen-bond acceptors (Lipinski definition) is 2. The molecule has 0 N–H and O–H groups in total. The van der Waals surface area contributed by atoms with Gasteiger partial charge in [0.2, 0.25) is 0 Å². The molecule has 0 aliphatic carbocycles. The first-order chi connectivity index (χ1) is 12.2. The molecule has 0 saturated carbocycles. The average Bonchev–Trinajstić information content (AvgIpc) is 2.67. The summed E-state index contributed by atoms with van der Waals surface area (Å²) in [6.45, 7) is 0. The Kier molecular flexibility index (Phi) is 5.67. The van der Waals surface area contributed by atoms with Gasteiger partial charge in [0.15, 0.2) is 9.84 Å². The SMILES string of the molecule is O=S(=O)(c1ccccc1)C(CCCc1ccccc1)c1ccccc1. The van der Waals surface area contributed by atoms with Crippen molar-refractivity contribution in [3.05, 3.63) is 102 Å². The van der Waals surface area contributed by atoms with E-state index in [0.717, 1.165) is 18.4 Å². The molecule has 1 unspecified atom stereocenters. The number of benzene rings is 3. The van der Waals surface area contributed by atoms with Gasteiger partial charge in [-0.15, -0.1) is 0 Å². The normalized spacial score (nSPS) is 12.6. The molecule has 3 aromatic rings. The van der Waals surface area contributed by atoms with Crippen LogP contribution in [-0.2, 0) is 16.3 Å². The Balaban J connectivity index is 1.83. The molecule has 3 heteroatoms. The molecule has 1 atom stereocenters. The highest BCUT2D eigenvalue weighted by atomic mass is 32.2. The van der Waals surface area contributed by atoms with Gasteiger partial charge in [-0.05, 0) is 42.5 Å². The maximum atomic E-state index is 13.2. The second kappa shape index (κ2) is 8.13. The van der Waals surface area contributed by atoms with Gasteiger partial charge in [-0.1, -0.05) is 78.9 Å². The fraction of sp³-hybridized carbons (Fsp3) is 0.182. The van der Waals surface area contributed by atoms with Gasteiger partial charge in [0, 0.05) is 0 Å². The van der Waals surface area contributed by atoms with Crippen LogP contribution in [0.25, 0.3) is 0 Å². The molecule has 25 heavy (non-hydrogen) atoms. The van der Waals surface area contributed by atoms with Crippen LogP contribution < -0.4 is 0 Å². The van der Waals surface area contributed by atoms with Crippen molar-refractivity contribution in [3.63, 3.8) is 0 Å². The maximum Gasteiger partial charge on any atom is 0.185 e. The molecule has 0 aromatic heterocycles. The third-order valence-electron chi connectivity index (χ3n) is 4.39. The Morgan fingerprint density at radius 2 is 1.20 bits per heavy atom. The minimum absolute atomic E-state index is 0.392. The number of sulfone groups is 1. The highest BCUT2D eigenvalue weighted by Crippen LogP contribution is 2.33. The molecule has 0 amide bonds. The summed E-state index contributed by atoms with van der Waals surface area (Å²) >= 11 is 0. The lowest BCUT2D eigenvalue weighted by atomic mass is 10.0. The molecule has 0 saturated heterocycles. The minimum Gasteiger partial charge on any atom is -0.223 e. The lowest BCUT2D eigenvalue weighted by Crippen LogP contribution is -2.14. The van der Waals surface area contributed by atoms with Crippen LogP contribution in [0, 0.1) is 0 Å². The monoisotopic (exact) mass is 350 g/mol. The van der Waals surface area contributed by atoms with Crippen LogP contribution >= 0.6 is 0 Å². The van der Waals surface area contributed by atoms with Crippen LogP contribution in [0.15, 0.2) is 95.9 Å². The van der Waals surface area contributed by atoms with E-state index in [9.17, 15) is 8.42 Å². The number of hydrogen-bond donors (Lipinski definition) is 0. The van der Waals surface area contributed by atoms with Crippen molar-refractivity contribution >= 4 is 9.84 Å². The quantitative estimate of drug-likeness (QED) is 0.585. The molecule has 0 aliphatic rings. The average molecular weight is 350 g/mol. The number of rotatable bonds is 7. The molecule has 3 rings (SSSR count). The Labute approximate surface area is 150 Å². The van der Waals surface area contributed by atoms with E-state index in [0.29, 0.717) is 11.3 Å². The topological polar surface area (TPSA) is 34.1 Å². The summed E-state index contributed by atoms with van der Waals surface area (Å²) in [5.74, 6) is 0. The van der Waals surface area contributed by atoms with Gasteiger partial charge in [-0.25, -0.2) is 8.42 Å². The summed E-state index contributed by atoms with van der Waals surface area (Å²) in [5.41, 5.74) is 2.10. The summed E-state index contributed by atoms with van der Waals surface area (Å²) in [7, 11) is -3.41. The minimum atomic E-state index is -3.41. The number of aryl methyl sites for hydroxylation is 1. The molecule has 128 valence electrons. The Morgan fingerprint density at radius 1 is 0.680 bits per heavy atom. The molecular formula is C22H22O2S. The van der Waals surface area contributed by atoms with Gasteiger partial charge in [0.1, 0.15) is 0 Å². The van der Waals surface area contributed by atoms with E-state index < -0.39 is 15.1 Å². The van der Waals surface area contributed by atoms with Gasteiger partial charge < -0.3 is 0 Å². The van der Waals surface area contributed by atoms with Gasteiger partial charge in [0.05, 0.1) is 10.1 Å². The third-order valence-corrected chi connectivity index (χ3v) is 6.58. The third kappa shape index (κ3) is 4.37. The molecule has 3 aromatic carbocycles. The van der Waals surface area contributed by atoms with Crippen molar-refractivity contribution in [1.29, 1.82) is 0 Å². The van der Waals surface area contributed by atoms with E-state index in [4.69, 9.17) is 0 Å². The fourth-order valence-electron chi connectivity index (χ4n) is 3.08. The van der Waals surface area contributed by atoms with Crippen molar-refractivity contribution in [2.45, 2.75) is 29.4 Å². The zero-order valence-electron chi connectivity index (χ0n) is 14.1. The fourth-order valence-corrected chi connectivity index (χ4v) is 4.94. The predicted octanol–water partition coefficient (Wildman–Crippen LogP) is 5.22. The molecule has 0 bridgehead atoms. The van der Waals surface area contributed by atoms with E-state index >= 15 is 0 Å². The predicted molar refractivity (Wildman–Crippen MR) is 102 cm³/mol. The lowest BCUT2D eigenvalue weighted by Gasteiger charge is -2.18. The Bertz CT molecular complexity index is 873. The van der Waals surface area contributed by atoms with Crippen LogP contribution in [0.1, 0.15) is 29.2 Å². The van der Waals surface area contributed by atoms with Crippen LogP contribution in [0.2, 0.25) is 0 Å². The van der Waals surface area contributed by atoms with Crippen molar-refractivity contribution in [1.82, 2.24) is 0 Å². The highest BCUT2D eigenvalue weighted by molar-refractivity contribution is 7.91. The first-order valence-electron chi connectivity index (χ1n) is 8.56. The largest absolute Gasteiger partial charge is 0.223 e. The standard InChI is InChI=1S/C22H22O2S/c23-25(24,21-16-8-3-9-17-21)22(20-14-6-2-7-15-20)18-10-13-19-11-4-1-5-12-19/h1-9,11-12,14-17,22H,10,13,18H2. The van der Waals surface area contributed by atoms with Crippen molar-refractivity contribution in [2.24, 2.45) is 0 Å². The van der Waals surface area contributed by atoms with Gasteiger partial charge in [-0.2, -0.15) is 0 Å². The van der Waals surface area contributed by atoms with E-state index in [1.54, 1.807) is 24.3 Å².